The standard InChI is InChI=1S/C26H20O5S4/c1-30-20-9-3-17(4-10-20)15-23(18-7-13-22(14-8-18)35(2,28)29)26(27)31-21-11-5-19(6-12-21)24-16-25(32)34-33-24/h3-16H,1-2H3/b23-15+. The highest BCUT2D eigenvalue weighted by Crippen LogP contribution is 2.31. The minimum Gasteiger partial charge on any atom is -0.497 e. The Morgan fingerprint density at radius 3 is 2.06 bits per heavy atom. The number of esters is 1. The molecule has 0 saturated carbocycles. The van der Waals surface area contributed by atoms with Crippen LogP contribution in [0.2, 0.25) is 0 Å². The van der Waals surface area contributed by atoms with Crippen molar-refractivity contribution in [3.8, 4) is 21.9 Å². The van der Waals surface area contributed by atoms with E-state index in [4.69, 9.17) is 21.7 Å². The normalized spacial score (nSPS) is 11.8. The number of ether oxygens (including phenoxy) is 2. The van der Waals surface area contributed by atoms with Crippen LogP contribution in [0.25, 0.3) is 22.1 Å². The van der Waals surface area contributed by atoms with Crippen molar-refractivity contribution in [3.05, 3.63) is 93.8 Å². The number of sulfone groups is 1. The van der Waals surface area contributed by atoms with Crippen LogP contribution in [0.15, 0.2) is 83.8 Å². The van der Waals surface area contributed by atoms with Gasteiger partial charge in [-0.1, -0.05) is 57.2 Å². The molecule has 4 aromatic rings. The summed E-state index contributed by atoms with van der Waals surface area (Å²) in [6.07, 6.45) is 2.84. The lowest BCUT2D eigenvalue weighted by atomic mass is 10.0. The summed E-state index contributed by atoms with van der Waals surface area (Å²) < 4.78 is 35.4. The van der Waals surface area contributed by atoms with E-state index in [9.17, 15) is 13.2 Å². The molecule has 0 bridgehead atoms. The number of methoxy groups -OCH3 is 1. The number of rotatable bonds is 7. The van der Waals surface area contributed by atoms with Gasteiger partial charge in [-0.25, -0.2) is 13.2 Å². The molecule has 0 saturated heterocycles. The van der Waals surface area contributed by atoms with E-state index < -0.39 is 15.8 Å². The summed E-state index contributed by atoms with van der Waals surface area (Å²) in [6, 6.07) is 22.5. The van der Waals surface area contributed by atoms with E-state index in [-0.39, 0.29) is 10.5 Å². The zero-order chi connectivity index (χ0) is 25.0. The number of hydrogen-bond acceptors (Lipinski definition) is 8. The van der Waals surface area contributed by atoms with Crippen LogP contribution in [0.1, 0.15) is 11.1 Å². The van der Waals surface area contributed by atoms with Gasteiger partial charge in [-0.05, 0) is 77.4 Å². The summed E-state index contributed by atoms with van der Waals surface area (Å²) >= 11 is 5.20. The summed E-state index contributed by atoms with van der Waals surface area (Å²) in [6.45, 7) is 0. The molecule has 0 radical (unpaired) electrons. The second-order valence-corrected chi connectivity index (χ2v) is 12.5. The number of carbonyl (C=O) groups excluding carboxylic acids is 1. The van der Waals surface area contributed by atoms with Gasteiger partial charge in [0.2, 0.25) is 0 Å². The Bertz CT molecular complexity index is 1530. The topological polar surface area (TPSA) is 69.7 Å². The van der Waals surface area contributed by atoms with Gasteiger partial charge in [0.15, 0.2) is 9.84 Å². The van der Waals surface area contributed by atoms with Gasteiger partial charge in [-0.2, -0.15) is 0 Å². The molecule has 0 amide bonds. The van der Waals surface area contributed by atoms with Crippen molar-refractivity contribution in [3.63, 3.8) is 0 Å². The largest absolute Gasteiger partial charge is 0.497 e. The zero-order valence-corrected chi connectivity index (χ0v) is 22.0. The second-order valence-electron chi connectivity index (χ2n) is 7.54. The highest BCUT2D eigenvalue weighted by atomic mass is 32.9. The smallest absolute Gasteiger partial charge is 0.344 e. The Labute approximate surface area is 216 Å². The van der Waals surface area contributed by atoms with Gasteiger partial charge >= 0.3 is 5.97 Å². The van der Waals surface area contributed by atoms with E-state index in [1.165, 1.54) is 22.5 Å². The summed E-state index contributed by atoms with van der Waals surface area (Å²) in [7, 11) is 1.36. The van der Waals surface area contributed by atoms with E-state index >= 15 is 0 Å². The van der Waals surface area contributed by atoms with Crippen LogP contribution in [0, 0.1) is 3.82 Å². The lowest BCUT2D eigenvalue weighted by Crippen LogP contribution is -2.11. The van der Waals surface area contributed by atoms with Gasteiger partial charge in [0, 0.05) is 11.1 Å². The third kappa shape index (κ3) is 6.32. The fourth-order valence-electron chi connectivity index (χ4n) is 3.23. The molecule has 0 fully saturated rings. The predicted octanol–water partition coefficient (Wildman–Crippen LogP) is 6.76. The van der Waals surface area contributed by atoms with Crippen molar-refractivity contribution in [1.82, 2.24) is 0 Å². The van der Waals surface area contributed by atoms with Gasteiger partial charge in [-0.15, -0.1) is 0 Å². The Morgan fingerprint density at radius 2 is 1.51 bits per heavy atom. The fourth-order valence-corrected chi connectivity index (χ4v) is 6.26. The van der Waals surface area contributed by atoms with Crippen molar-refractivity contribution in [2.75, 3.05) is 13.4 Å². The first-order valence-electron chi connectivity index (χ1n) is 10.3. The fraction of sp³-hybridized carbons (Fsp3) is 0.0769. The maximum atomic E-state index is 13.2. The third-order valence-corrected chi connectivity index (χ3v) is 9.09. The van der Waals surface area contributed by atoms with Crippen molar-refractivity contribution in [1.29, 1.82) is 0 Å². The first kappa shape index (κ1) is 25.0. The Balaban J connectivity index is 1.65. The molecule has 0 N–H and O–H groups in total. The molecule has 0 aliphatic rings. The van der Waals surface area contributed by atoms with Crippen molar-refractivity contribution in [2.24, 2.45) is 0 Å². The zero-order valence-electron chi connectivity index (χ0n) is 18.8. The van der Waals surface area contributed by atoms with Crippen LogP contribution >= 0.6 is 32.9 Å². The molecule has 0 aliphatic heterocycles. The van der Waals surface area contributed by atoms with E-state index in [1.807, 2.05) is 30.3 Å². The third-order valence-electron chi connectivity index (χ3n) is 5.05. The maximum absolute atomic E-state index is 13.2. The first-order chi connectivity index (χ1) is 16.7. The highest BCUT2D eigenvalue weighted by Gasteiger charge is 2.17. The minimum atomic E-state index is -3.36. The molecule has 3 aromatic carbocycles. The molecule has 0 spiro atoms. The molecule has 5 nitrogen and oxygen atoms in total. The van der Waals surface area contributed by atoms with E-state index in [2.05, 4.69) is 0 Å². The summed E-state index contributed by atoms with van der Waals surface area (Å²) in [5.41, 5.74) is 2.58. The van der Waals surface area contributed by atoms with Crippen LogP contribution in [-0.4, -0.2) is 27.8 Å². The van der Waals surface area contributed by atoms with Crippen LogP contribution in [0.3, 0.4) is 0 Å². The van der Waals surface area contributed by atoms with Gasteiger partial charge in [0.25, 0.3) is 0 Å². The summed E-state index contributed by atoms with van der Waals surface area (Å²) in [4.78, 5) is 14.5. The van der Waals surface area contributed by atoms with E-state index in [0.29, 0.717) is 17.1 Å². The molecule has 0 atom stereocenters. The maximum Gasteiger partial charge on any atom is 0.344 e. The van der Waals surface area contributed by atoms with Crippen LogP contribution < -0.4 is 9.47 Å². The van der Waals surface area contributed by atoms with Gasteiger partial charge in [-0.3, -0.25) is 0 Å². The van der Waals surface area contributed by atoms with Crippen LogP contribution in [-0.2, 0) is 14.6 Å². The molecule has 35 heavy (non-hydrogen) atoms. The van der Waals surface area contributed by atoms with E-state index in [1.54, 1.807) is 59.9 Å². The van der Waals surface area contributed by atoms with Gasteiger partial charge in [0.1, 0.15) is 15.3 Å². The molecule has 0 unspecified atom stereocenters. The Kier molecular flexibility index (Phi) is 7.61. The molecule has 0 aliphatic carbocycles. The lowest BCUT2D eigenvalue weighted by molar-refractivity contribution is -0.127. The highest BCUT2D eigenvalue weighted by molar-refractivity contribution is 7.90. The quantitative estimate of drug-likeness (QED) is 0.0644. The van der Waals surface area contributed by atoms with Crippen molar-refractivity contribution < 1.29 is 22.7 Å². The first-order valence-corrected chi connectivity index (χ1v) is 14.8. The molecule has 4 rings (SSSR count). The second kappa shape index (κ2) is 10.7. The number of carbonyl (C=O) groups is 1. The SMILES string of the molecule is COc1ccc(/C=C(/C(=O)Oc2ccc(-c3cc(=S)ss3)cc2)c2ccc(S(C)(=O)=O)cc2)cc1. The Hall–Kier alpha value is -3.11. The molecule has 178 valence electrons. The lowest BCUT2D eigenvalue weighted by Gasteiger charge is -2.10. The molecule has 1 heterocycles. The summed E-state index contributed by atoms with van der Waals surface area (Å²) in [5.74, 6) is 0.524. The number of hydrogen-bond donors (Lipinski definition) is 0. The summed E-state index contributed by atoms with van der Waals surface area (Å²) in [5, 5.41) is 0. The molecule has 1 aromatic heterocycles. The molecular formula is C26H20O5S4. The number of benzene rings is 3. The van der Waals surface area contributed by atoms with Crippen LogP contribution in [0.4, 0.5) is 0 Å². The van der Waals surface area contributed by atoms with Gasteiger partial charge in [0.05, 0.1) is 17.6 Å². The monoisotopic (exact) mass is 540 g/mol. The van der Waals surface area contributed by atoms with Crippen molar-refractivity contribution in [2.45, 2.75) is 4.90 Å². The molecule has 9 heteroatoms. The van der Waals surface area contributed by atoms with Crippen molar-refractivity contribution >= 4 is 60.4 Å². The minimum absolute atomic E-state index is 0.172. The Morgan fingerprint density at radius 1 is 0.886 bits per heavy atom. The van der Waals surface area contributed by atoms with Crippen LogP contribution in [0.5, 0.6) is 11.5 Å². The average molecular weight is 541 g/mol. The van der Waals surface area contributed by atoms with Gasteiger partial charge < -0.3 is 9.47 Å². The van der Waals surface area contributed by atoms with E-state index in [0.717, 1.165) is 26.1 Å². The predicted molar refractivity (Wildman–Crippen MR) is 145 cm³/mol. The average Bonchev–Trinajstić information content (AvgIpc) is 3.29. The molecular weight excluding hydrogens is 521 g/mol.